The number of nitriles is 1. The molecule has 0 aromatic heterocycles. The summed E-state index contributed by atoms with van der Waals surface area (Å²) in [5, 5.41) is 12.2. The molecule has 0 unspecified atom stereocenters. The number of alkyl carbamates (subject to hydrolysis) is 1. The van der Waals surface area contributed by atoms with Crippen LogP contribution < -0.4 is 15.0 Å². The highest BCUT2D eigenvalue weighted by atomic mass is 16.6. The largest absolute Gasteiger partial charge is 0.497 e. The van der Waals surface area contributed by atoms with Gasteiger partial charge in [0.1, 0.15) is 17.4 Å². The van der Waals surface area contributed by atoms with Crippen LogP contribution >= 0.6 is 0 Å². The molecule has 23 heavy (non-hydrogen) atoms. The number of nitrogens with one attached hydrogen (secondary N) is 1. The van der Waals surface area contributed by atoms with E-state index >= 15 is 0 Å². The molecule has 1 N–H and O–H groups in total. The van der Waals surface area contributed by atoms with Gasteiger partial charge in [-0.15, -0.1) is 0 Å². The summed E-state index contributed by atoms with van der Waals surface area (Å²) < 4.78 is 10.4. The zero-order chi connectivity index (χ0) is 17.0. The molecule has 1 atom stereocenters. The minimum absolute atomic E-state index is 0.0125. The Bertz CT molecular complexity index is 616. The maximum absolute atomic E-state index is 11.8. The zero-order valence-electron chi connectivity index (χ0n) is 14.0. The van der Waals surface area contributed by atoms with Crippen molar-refractivity contribution in [3.8, 4) is 11.8 Å². The molecule has 6 heteroatoms. The molecule has 1 fully saturated rings. The van der Waals surface area contributed by atoms with Crippen LogP contribution in [0.15, 0.2) is 18.2 Å². The van der Waals surface area contributed by atoms with Gasteiger partial charge in [0, 0.05) is 13.1 Å². The lowest BCUT2D eigenvalue weighted by Gasteiger charge is -2.23. The van der Waals surface area contributed by atoms with Crippen LogP contribution in [0.25, 0.3) is 0 Å². The normalized spacial score (nSPS) is 17.5. The quantitative estimate of drug-likeness (QED) is 0.927. The molecular formula is C17H23N3O3. The van der Waals surface area contributed by atoms with E-state index in [1.165, 1.54) is 0 Å². The van der Waals surface area contributed by atoms with Crippen LogP contribution in [0.3, 0.4) is 0 Å². The van der Waals surface area contributed by atoms with Gasteiger partial charge in [-0.2, -0.15) is 5.26 Å². The number of rotatable bonds is 3. The smallest absolute Gasteiger partial charge is 0.407 e. The fourth-order valence-electron chi connectivity index (χ4n) is 2.58. The van der Waals surface area contributed by atoms with Gasteiger partial charge in [0.2, 0.25) is 0 Å². The number of benzene rings is 1. The van der Waals surface area contributed by atoms with Crippen molar-refractivity contribution in [2.75, 3.05) is 25.1 Å². The molecule has 0 aliphatic carbocycles. The highest BCUT2D eigenvalue weighted by molar-refractivity contribution is 5.69. The van der Waals surface area contributed by atoms with Crippen molar-refractivity contribution in [1.29, 1.82) is 5.26 Å². The molecule has 0 spiro atoms. The van der Waals surface area contributed by atoms with Crippen LogP contribution in [0.4, 0.5) is 10.5 Å². The lowest BCUT2D eigenvalue weighted by molar-refractivity contribution is 0.0509. The maximum Gasteiger partial charge on any atom is 0.407 e. The van der Waals surface area contributed by atoms with Gasteiger partial charge in [0.15, 0.2) is 0 Å². The summed E-state index contributed by atoms with van der Waals surface area (Å²) in [6.45, 7) is 6.94. The molecule has 1 aromatic rings. The highest BCUT2D eigenvalue weighted by Gasteiger charge is 2.27. The number of amides is 1. The van der Waals surface area contributed by atoms with Crippen molar-refractivity contribution < 1.29 is 14.3 Å². The summed E-state index contributed by atoms with van der Waals surface area (Å²) >= 11 is 0. The first-order valence-corrected chi connectivity index (χ1v) is 7.65. The predicted octanol–water partition coefficient (Wildman–Crippen LogP) is 2.67. The highest BCUT2D eigenvalue weighted by Crippen LogP contribution is 2.27. The van der Waals surface area contributed by atoms with E-state index < -0.39 is 11.7 Å². The molecule has 0 bridgehead atoms. The number of methoxy groups -OCH3 is 1. The molecule has 1 aliphatic heterocycles. The van der Waals surface area contributed by atoms with Gasteiger partial charge in [-0.05, 0) is 45.4 Å². The van der Waals surface area contributed by atoms with E-state index in [1.807, 2.05) is 32.9 Å². The minimum atomic E-state index is -0.508. The second-order valence-corrected chi connectivity index (χ2v) is 6.57. The van der Waals surface area contributed by atoms with E-state index in [9.17, 15) is 10.1 Å². The Morgan fingerprint density at radius 3 is 2.78 bits per heavy atom. The Morgan fingerprint density at radius 1 is 1.43 bits per heavy atom. The van der Waals surface area contributed by atoms with Crippen LogP contribution in [0, 0.1) is 11.3 Å². The monoisotopic (exact) mass is 317 g/mol. The van der Waals surface area contributed by atoms with Gasteiger partial charge in [0.25, 0.3) is 0 Å². The Balaban J connectivity index is 2.00. The number of carbonyl (C=O) groups excluding carboxylic acids is 1. The standard InChI is InChI=1S/C17H23N3O3/c1-17(2,3)23-16(21)19-13-7-8-20(11-13)15-6-5-14(22-4)9-12(15)10-18/h5-6,9,13H,7-8,11H2,1-4H3,(H,19,21)/t13-/m0/s1. The maximum atomic E-state index is 11.8. The van der Waals surface area contributed by atoms with Crippen molar-refractivity contribution in [3.63, 3.8) is 0 Å². The van der Waals surface area contributed by atoms with Gasteiger partial charge in [-0.1, -0.05) is 0 Å². The first-order valence-electron chi connectivity index (χ1n) is 7.65. The second kappa shape index (κ2) is 6.78. The van der Waals surface area contributed by atoms with Crippen molar-refractivity contribution >= 4 is 11.8 Å². The van der Waals surface area contributed by atoms with E-state index in [4.69, 9.17) is 9.47 Å². The van der Waals surface area contributed by atoms with Crippen LogP contribution in [-0.2, 0) is 4.74 Å². The number of nitrogens with zero attached hydrogens (tertiary/aromatic N) is 2. The number of carbonyl (C=O) groups is 1. The van der Waals surface area contributed by atoms with Crippen molar-refractivity contribution in [1.82, 2.24) is 5.32 Å². The average molecular weight is 317 g/mol. The third-order valence-corrected chi connectivity index (χ3v) is 3.57. The van der Waals surface area contributed by atoms with Crippen LogP contribution in [0.2, 0.25) is 0 Å². The Kier molecular flexibility index (Phi) is 4.99. The third-order valence-electron chi connectivity index (χ3n) is 3.57. The molecule has 1 saturated heterocycles. The fraction of sp³-hybridized carbons (Fsp3) is 0.529. The molecular weight excluding hydrogens is 294 g/mol. The molecule has 1 heterocycles. The second-order valence-electron chi connectivity index (χ2n) is 6.57. The van der Waals surface area contributed by atoms with E-state index in [1.54, 1.807) is 13.2 Å². The first-order chi connectivity index (χ1) is 10.8. The average Bonchev–Trinajstić information content (AvgIpc) is 2.92. The van der Waals surface area contributed by atoms with Gasteiger partial charge >= 0.3 is 6.09 Å². The minimum Gasteiger partial charge on any atom is -0.497 e. The van der Waals surface area contributed by atoms with Crippen LogP contribution in [-0.4, -0.2) is 37.9 Å². The fourth-order valence-corrected chi connectivity index (χ4v) is 2.58. The molecule has 6 nitrogen and oxygen atoms in total. The molecule has 1 aromatic carbocycles. The van der Waals surface area contributed by atoms with E-state index in [0.29, 0.717) is 17.9 Å². The Labute approximate surface area is 137 Å². The number of hydrogen-bond acceptors (Lipinski definition) is 5. The Morgan fingerprint density at radius 2 is 2.17 bits per heavy atom. The van der Waals surface area contributed by atoms with E-state index in [2.05, 4.69) is 16.3 Å². The summed E-state index contributed by atoms with van der Waals surface area (Å²) in [5.74, 6) is 0.660. The van der Waals surface area contributed by atoms with Crippen LogP contribution in [0.1, 0.15) is 32.8 Å². The van der Waals surface area contributed by atoms with Gasteiger partial charge in [-0.3, -0.25) is 0 Å². The Hall–Kier alpha value is -2.42. The molecule has 1 amide bonds. The SMILES string of the molecule is COc1ccc(N2CC[C@H](NC(=O)OC(C)(C)C)C2)c(C#N)c1. The lowest BCUT2D eigenvalue weighted by atomic mass is 10.1. The third kappa shape index (κ3) is 4.52. The van der Waals surface area contributed by atoms with Gasteiger partial charge in [-0.25, -0.2) is 4.79 Å². The van der Waals surface area contributed by atoms with Crippen molar-refractivity contribution in [2.24, 2.45) is 0 Å². The van der Waals surface area contributed by atoms with Crippen molar-refractivity contribution in [2.45, 2.75) is 38.8 Å². The topological polar surface area (TPSA) is 74.6 Å². The van der Waals surface area contributed by atoms with Crippen molar-refractivity contribution in [3.05, 3.63) is 23.8 Å². The summed E-state index contributed by atoms with van der Waals surface area (Å²) in [7, 11) is 1.58. The summed E-state index contributed by atoms with van der Waals surface area (Å²) in [6, 6.07) is 7.66. The molecule has 0 saturated carbocycles. The van der Waals surface area contributed by atoms with Gasteiger partial charge < -0.3 is 19.7 Å². The molecule has 0 radical (unpaired) electrons. The van der Waals surface area contributed by atoms with Crippen LogP contribution in [0.5, 0.6) is 5.75 Å². The molecule has 1 aliphatic rings. The predicted molar refractivity (Wildman–Crippen MR) is 87.7 cm³/mol. The van der Waals surface area contributed by atoms with E-state index in [0.717, 1.165) is 18.7 Å². The summed E-state index contributed by atoms with van der Waals surface area (Å²) in [5.41, 5.74) is 0.927. The van der Waals surface area contributed by atoms with Gasteiger partial charge in [0.05, 0.1) is 24.4 Å². The molecule has 2 rings (SSSR count). The zero-order valence-corrected chi connectivity index (χ0v) is 14.0. The summed E-state index contributed by atoms with van der Waals surface area (Å²) in [4.78, 5) is 13.9. The lowest BCUT2D eigenvalue weighted by Crippen LogP contribution is -2.40. The molecule has 124 valence electrons. The number of anilines is 1. The first kappa shape index (κ1) is 16.9. The summed E-state index contributed by atoms with van der Waals surface area (Å²) in [6.07, 6.45) is 0.412. The number of ether oxygens (including phenoxy) is 2. The van der Waals surface area contributed by atoms with E-state index in [-0.39, 0.29) is 6.04 Å². The number of hydrogen-bond donors (Lipinski definition) is 1.